The Balaban J connectivity index is 2.25. The van der Waals surface area contributed by atoms with Gasteiger partial charge in [0.1, 0.15) is 5.75 Å². The minimum atomic E-state index is -3.42. The number of nitrogens with zero attached hydrogens (tertiary/aromatic N) is 1. The topological polar surface area (TPSA) is 55.8 Å². The van der Waals surface area contributed by atoms with Crippen LogP contribution in [0.4, 0.5) is 0 Å². The van der Waals surface area contributed by atoms with Crippen LogP contribution in [0.15, 0.2) is 41.8 Å². The highest BCUT2D eigenvalue weighted by molar-refractivity contribution is 7.89. The quantitative estimate of drug-likeness (QED) is 0.694. The first-order valence-electron chi connectivity index (χ1n) is 7.18. The number of methoxy groups -OCH3 is 2. The van der Waals surface area contributed by atoms with Crippen molar-refractivity contribution >= 4 is 21.4 Å². The predicted molar refractivity (Wildman–Crippen MR) is 92.2 cm³/mol. The molecule has 0 saturated carbocycles. The molecule has 0 amide bonds. The third kappa shape index (κ3) is 5.04. The van der Waals surface area contributed by atoms with Gasteiger partial charge < -0.3 is 9.47 Å². The Hall–Kier alpha value is -1.41. The van der Waals surface area contributed by atoms with Crippen LogP contribution in [-0.4, -0.2) is 39.3 Å². The van der Waals surface area contributed by atoms with Crippen molar-refractivity contribution in [2.24, 2.45) is 0 Å². The summed E-state index contributed by atoms with van der Waals surface area (Å²) in [4.78, 5) is 1.00. The summed E-state index contributed by atoms with van der Waals surface area (Å²) in [5, 5.41) is 1.94. The second-order valence-electron chi connectivity index (χ2n) is 4.97. The zero-order valence-corrected chi connectivity index (χ0v) is 14.9. The van der Waals surface area contributed by atoms with Gasteiger partial charge in [0.2, 0.25) is 10.0 Å². The Morgan fingerprint density at radius 2 is 1.87 bits per heavy atom. The lowest BCUT2D eigenvalue weighted by Gasteiger charge is -2.22. The van der Waals surface area contributed by atoms with Crippen LogP contribution in [0.2, 0.25) is 0 Å². The van der Waals surface area contributed by atoms with Crippen LogP contribution in [0.1, 0.15) is 10.4 Å². The predicted octanol–water partition coefficient (Wildman–Crippen LogP) is 2.74. The zero-order chi connectivity index (χ0) is 16.7. The molecule has 0 fully saturated rings. The number of hydrogen-bond donors (Lipinski definition) is 0. The normalized spacial score (nSPS) is 11.8. The number of rotatable bonds is 9. The van der Waals surface area contributed by atoms with E-state index in [1.807, 2.05) is 41.8 Å². The summed E-state index contributed by atoms with van der Waals surface area (Å²) in [5.41, 5.74) is 0.840. The van der Waals surface area contributed by atoms with E-state index < -0.39 is 10.0 Å². The van der Waals surface area contributed by atoms with Gasteiger partial charge in [-0.15, -0.1) is 11.3 Å². The Kier molecular flexibility index (Phi) is 6.59. The van der Waals surface area contributed by atoms with E-state index in [2.05, 4.69) is 0 Å². The van der Waals surface area contributed by atoms with Gasteiger partial charge in [-0.2, -0.15) is 4.31 Å². The van der Waals surface area contributed by atoms with Crippen molar-refractivity contribution in [3.63, 3.8) is 0 Å². The van der Waals surface area contributed by atoms with Crippen molar-refractivity contribution in [3.8, 4) is 5.75 Å². The Morgan fingerprint density at radius 3 is 2.52 bits per heavy atom. The van der Waals surface area contributed by atoms with E-state index in [1.54, 1.807) is 18.4 Å². The lowest BCUT2D eigenvalue weighted by molar-refractivity contribution is 0.215. The molecule has 126 valence electrons. The summed E-state index contributed by atoms with van der Waals surface area (Å²) >= 11 is 1.54. The molecule has 2 aromatic rings. The maximum Gasteiger partial charge on any atom is 0.217 e. The Bertz CT molecular complexity index is 699. The first-order chi connectivity index (χ1) is 11.1. The SMILES string of the molecule is COCCS(=O)(=O)N(Cc1cccs1)Cc1ccccc1OC. The van der Waals surface area contributed by atoms with Crippen molar-refractivity contribution in [2.45, 2.75) is 13.1 Å². The van der Waals surface area contributed by atoms with Crippen molar-refractivity contribution in [1.82, 2.24) is 4.31 Å². The van der Waals surface area contributed by atoms with Crippen molar-refractivity contribution in [2.75, 3.05) is 26.6 Å². The zero-order valence-electron chi connectivity index (χ0n) is 13.3. The third-order valence-electron chi connectivity index (χ3n) is 3.39. The van der Waals surface area contributed by atoms with E-state index in [0.29, 0.717) is 12.3 Å². The van der Waals surface area contributed by atoms with Gasteiger partial charge >= 0.3 is 0 Å². The van der Waals surface area contributed by atoms with Crippen LogP contribution >= 0.6 is 11.3 Å². The molecule has 0 aliphatic carbocycles. The molecule has 0 spiro atoms. The molecule has 0 aliphatic rings. The number of ether oxygens (including phenoxy) is 2. The van der Waals surface area contributed by atoms with Gasteiger partial charge in [0.25, 0.3) is 0 Å². The van der Waals surface area contributed by atoms with Crippen LogP contribution in [0, 0.1) is 0 Å². The second-order valence-corrected chi connectivity index (χ2v) is 8.09. The molecule has 0 bridgehead atoms. The van der Waals surface area contributed by atoms with Crippen molar-refractivity contribution in [3.05, 3.63) is 52.2 Å². The fourth-order valence-corrected chi connectivity index (χ4v) is 4.28. The number of para-hydroxylation sites is 1. The molecule has 0 aliphatic heterocycles. The van der Waals surface area contributed by atoms with Crippen LogP contribution in [0.25, 0.3) is 0 Å². The molecule has 1 heterocycles. The summed E-state index contributed by atoms with van der Waals surface area (Å²) in [7, 11) is -0.340. The molecule has 0 atom stereocenters. The summed E-state index contributed by atoms with van der Waals surface area (Å²) in [6.45, 7) is 0.797. The van der Waals surface area contributed by atoms with E-state index in [0.717, 1.165) is 10.4 Å². The molecule has 0 saturated heterocycles. The molecule has 1 aromatic carbocycles. The van der Waals surface area contributed by atoms with Crippen LogP contribution in [0.5, 0.6) is 5.75 Å². The highest BCUT2D eigenvalue weighted by atomic mass is 32.2. The Morgan fingerprint density at radius 1 is 1.09 bits per heavy atom. The maximum atomic E-state index is 12.6. The van der Waals surface area contributed by atoms with Gasteiger partial charge in [-0.05, 0) is 17.5 Å². The molecule has 7 heteroatoms. The van der Waals surface area contributed by atoms with E-state index in [4.69, 9.17) is 9.47 Å². The molecule has 5 nitrogen and oxygen atoms in total. The van der Waals surface area contributed by atoms with Crippen molar-refractivity contribution in [1.29, 1.82) is 0 Å². The van der Waals surface area contributed by atoms with E-state index >= 15 is 0 Å². The molecule has 23 heavy (non-hydrogen) atoms. The minimum absolute atomic E-state index is 0.0377. The average Bonchev–Trinajstić information content (AvgIpc) is 3.06. The first kappa shape index (κ1) is 17.9. The fraction of sp³-hybridized carbons (Fsp3) is 0.375. The standard InChI is InChI=1S/C16H21NO4S2/c1-20-9-11-23(18,19)17(13-15-7-5-10-22-15)12-14-6-3-4-8-16(14)21-2/h3-8,10H,9,11-13H2,1-2H3. The largest absolute Gasteiger partial charge is 0.496 e. The molecule has 1 aromatic heterocycles. The molecular weight excluding hydrogens is 334 g/mol. The summed E-state index contributed by atoms with van der Waals surface area (Å²) in [6, 6.07) is 11.3. The third-order valence-corrected chi connectivity index (χ3v) is 5.98. The molecular formula is C16H21NO4S2. The lowest BCUT2D eigenvalue weighted by Crippen LogP contribution is -2.33. The minimum Gasteiger partial charge on any atom is -0.496 e. The summed E-state index contributed by atoms with van der Waals surface area (Å²) < 4.78 is 37.0. The van der Waals surface area contributed by atoms with E-state index in [9.17, 15) is 8.42 Å². The van der Waals surface area contributed by atoms with Gasteiger partial charge in [0.15, 0.2) is 0 Å². The monoisotopic (exact) mass is 355 g/mol. The summed E-state index contributed by atoms with van der Waals surface area (Å²) in [5.74, 6) is 0.648. The van der Waals surface area contributed by atoms with Gasteiger partial charge in [0, 0.05) is 30.6 Å². The molecule has 0 radical (unpaired) electrons. The van der Waals surface area contributed by atoms with E-state index in [-0.39, 0.29) is 18.9 Å². The number of hydrogen-bond acceptors (Lipinski definition) is 5. The van der Waals surface area contributed by atoms with Gasteiger partial charge in [-0.25, -0.2) is 8.42 Å². The first-order valence-corrected chi connectivity index (χ1v) is 9.66. The molecule has 0 N–H and O–H groups in total. The summed E-state index contributed by atoms with van der Waals surface area (Å²) in [6.07, 6.45) is 0. The van der Waals surface area contributed by atoms with Crippen LogP contribution < -0.4 is 4.74 Å². The highest BCUT2D eigenvalue weighted by Gasteiger charge is 2.23. The Labute approximate surface area is 141 Å². The fourth-order valence-electron chi connectivity index (χ4n) is 2.17. The average molecular weight is 355 g/mol. The van der Waals surface area contributed by atoms with Crippen LogP contribution in [0.3, 0.4) is 0 Å². The maximum absolute atomic E-state index is 12.6. The lowest BCUT2D eigenvalue weighted by atomic mass is 10.2. The van der Waals surface area contributed by atoms with Gasteiger partial charge in [0.05, 0.1) is 19.5 Å². The van der Waals surface area contributed by atoms with Crippen molar-refractivity contribution < 1.29 is 17.9 Å². The van der Waals surface area contributed by atoms with Gasteiger partial charge in [-0.1, -0.05) is 24.3 Å². The number of sulfonamides is 1. The number of benzene rings is 1. The molecule has 2 rings (SSSR count). The smallest absolute Gasteiger partial charge is 0.217 e. The van der Waals surface area contributed by atoms with Gasteiger partial charge in [-0.3, -0.25) is 0 Å². The highest BCUT2D eigenvalue weighted by Crippen LogP contribution is 2.23. The number of thiophene rings is 1. The second kappa shape index (κ2) is 8.44. The van der Waals surface area contributed by atoms with E-state index in [1.165, 1.54) is 11.4 Å². The molecule has 0 unspecified atom stereocenters. The van der Waals surface area contributed by atoms with Crippen LogP contribution in [-0.2, 0) is 27.8 Å².